The first-order valence-electron chi connectivity index (χ1n) is 10.3. The van der Waals surface area contributed by atoms with E-state index in [0.717, 1.165) is 18.1 Å². The van der Waals surface area contributed by atoms with Gasteiger partial charge in [0.05, 0.1) is 6.61 Å². The molecule has 0 N–H and O–H groups in total. The molecule has 2 aromatic carbocycles. The van der Waals surface area contributed by atoms with Crippen molar-refractivity contribution >= 4 is 23.4 Å². The Morgan fingerprint density at radius 3 is 2.25 bits per heavy atom. The van der Waals surface area contributed by atoms with Crippen LogP contribution in [0.5, 0.6) is 5.75 Å². The molecule has 2 aromatic rings. The van der Waals surface area contributed by atoms with E-state index in [1.165, 1.54) is 40.7 Å². The molecule has 3 rings (SSSR count). The van der Waals surface area contributed by atoms with E-state index in [4.69, 9.17) is 4.74 Å². The molecule has 0 spiro atoms. The lowest BCUT2D eigenvalue weighted by Gasteiger charge is -2.42. The maximum Gasteiger partial charge on any atom is 0.119 e. The predicted octanol–water partition coefficient (Wildman–Crippen LogP) is 7.34. The second kappa shape index (κ2) is 8.37. The molecule has 0 aromatic heterocycles. The van der Waals surface area contributed by atoms with E-state index in [1.807, 2.05) is 0 Å². The first-order chi connectivity index (χ1) is 13.2. The maximum absolute atomic E-state index is 5.75. The van der Waals surface area contributed by atoms with Gasteiger partial charge >= 0.3 is 0 Å². The SMILES string of the molecule is CSCCOc1ccc(C=C(C)c2ccc3c(c2)C(C)(C)CCC3(C)C)cc1. The second-order valence-corrected chi connectivity index (χ2v) is 10.3. The summed E-state index contributed by atoms with van der Waals surface area (Å²) in [7, 11) is 0. The molecule has 0 saturated carbocycles. The molecule has 0 amide bonds. The van der Waals surface area contributed by atoms with Gasteiger partial charge in [-0.25, -0.2) is 0 Å². The largest absolute Gasteiger partial charge is 0.493 e. The zero-order valence-corrected chi connectivity index (χ0v) is 19.1. The normalized spacial score (nSPS) is 17.9. The summed E-state index contributed by atoms with van der Waals surface area (Å²) < 4.78 is 5.75. The van der Waals surface area contributed by atoms with Gasteiger partial charge in [-0.05, 0) is 76.8 Å². The van der Waals surface area contributed by atoms with Gasteiger partial charge in [-0.2, -0.15) is 11.8 Å². The van der Waals surface area contributed by atoms with Gasteiger partial charge in [0, 0.05) is 5.75 Å². The van der Waals surface area contributed by atoms with E-state index < -0.39 is 0 Å². The van der Waals surface area contributed by atoms with Crippen LogP contribution < -0.4 is 4.74 Å². The van der Waals surface area contributed by atoms with Crippen LogP contribution in [0.15, 0.2) is 42.5 Å². The van der Waals surface area contributed by atoms with Crippen LogP contribution in [0.25, 0.3) is 11.6 Å². The van der Waals surface area contributed by atoms with E-state index in [2.05, 4.69) is 89.4 Å². The van der Waals surface area contributed by atoms with Crippen molar-refractivity contribution < 1.29 is 4.74 Å². The van der Waals surface area contributed by atoms with Crippen LogP contribution in [0.4, 0.5) is 0 Å². The second-order valence-electron chi connectivity index (χ2n) is 9.27. The molecule has 2 heteroatoms. The molecule has 1 aliphatic carbocycles. The van der Waals surface area contributed by atoms with Crippen LogP contribution in [-0.2, 0) is 10.8 Å². The Bertz CT molecular complexity index is 843. The van der Waals surface area contributed by atoms with Crippen LogP contribution in [0.2, 0.25) is 0 Å². The minimum absolute atomic E-state index is 0.247. The quantitative estimate of drug-likeness (QED) is 0.374. The monoisotopic (exact) mass is 394 g/mol. The highest BCUT2D eigenvalue weighted by atomic mass is 32.2. The average molecular weight is 395 g/mol. The molecular formula is C26H34OS. The summed E-state index contributed by atoms with van der Waals surface area (Å²) in [6, 6.07) is 15.5. The Balaban J connectivity index is 1.84. The van der Waals surface area contributed by atoms with Crippen molar-refractivity contribution in [2.24, 2.45) is 0 Å². The number of rotatable bonds is 6. The number of benzene rings is 2. The van der Waals surface area contributed by atoms with Crippen molar-refractivity contribution in [1.82, 2.24) is 0 Å². The Labute approximate surface area is 175 Å². The molecule has 1 aliphatic rings. The smallest absolute Gasteiger partial charge is 0.119 e. The van der Waals surface area contributed by atoms with Crippen molar-refractivity contribution in [2.75, 3.05) is 18.6 Å². The summed E-state index contributed by atoms with van der Waals surface area (Å²) in [5.41, 5.74) is 7.40. The van der Waals surface area contributed by atoms with E-state index in [-0.39, 0.29) is 10.8 Å². The third-order valence-electron chi connectivity index (χ3n) is 6.13. The summed E-state index contributed by atoms with van der Waals surface area (Å²) in [5, 5.41) is 0. The Morgan fingerprint density at radius 2 is 1.61 bits per heavy atom. The van der Waals surface area contributed by atoms with E-state index in [1.54, 1.807) is 11.8 Å². The van der Waals surface area contributed by atoms with Crippen molar-refractivity contribution in [3.63, 3.8) is 0 Å². The highest BCUT2D eigenvalue weighted by Crippen LogP contribution is 2.46. The van der Waals surface area contributed by atoms with Gasteiger partial charge in [-0.1, -0.05) is 64.1 Å². The summed E-state index contributed by atoms with van der Waals surface area (Å²) in [6.45, 7) is 12.5. The van der Waals surface area contributed by atoms with Crippen molar-refractivity contribution in [2.45, 2.75) is 58.3 Å². The fourth-order valence-electron chi connectivity index (χ4n) is 4.07. The fraction of sp³-hybridized carbons (Fsp3) is 0.462. The van der Waals surface area contributed by atoms with Crippen LogP contribution in [0, 0.1) is 0 Å². The summed E-state index contributed by atoms with van der Waals surface area (Å²) >= 11 is 1.80. The first kappa shape index (κ1) is 21.0. The molecule has 0 unspecified atom stereocenters. The molecule has 0 aliphatic heterocycles. The van der Waals surface area contributed by atoms with Crippen LogP contribution >= 0.6 is 11.8 Å². The Hall–Kier alpha value is -1.67. The van der Waals surface area contributed by atoms with Crippen molar-refractivity contribution in [1.29, 1.82) is 0 Å². The van der Waals surface area contributed by atoms with Gasteiger partial charge in [-0.3, -0.25) is 0 Å². The highest BCUT2D eigenvalue weighted by Gasteiger charge is 2.36. The number of fused-ring (bicyclic) bond motifs is 1. The zero-order chi connectivity index (χ0) is 20.4. The fourth-order valence-corrected chi connectivity index (χ4v) is 4.32. The van der Waals surface area contributed by atoms with E-state index in [0.29, 0.717) is 0 Å². The number of ether oxygens (including phenoxy) is 1. The van der Waals surface area contributed by atoms with Gasteiger partial charge in [0.2, 0.25) is 0 Å². The van der Waals surface area contributed by atoms with E-state index >= 15 is 0 Å². The summed E-state index contributed by atoms with van der Waals surface area (Å²) in [6.07, 6.45) is 6.88. The highest BCUT2D eigenvalue weighted by molar-refractivity contribution is 7.98. The third-order valence-corrected chi connectivity index (χ3v) is 6.70. The molecule has 0 atom stereocenters. The number of thioether (sulfide) groups is 1. The number of allylic oxidation sites excluding steroid dienone is 1. The molecule has 0 bridgehead atoms. The van der Waals surface area contributed by atoms with Gasteiger partial charge < -0.3 is 4.74 Å². The average Bonchev–Trinajstić information content (AvgIpc) is 2.67. The van der Waals surface area contributed by atoms with Gasteiger partial charge in [0.1, 0.15) is 5.75 Å². The molecule has 0 fully saturated rings. The lowest BCUT2D eigenvalue weighted by atomic mass is 9.63. The Morgan fingerprint density at radius 1 is 0.964 bits per heavy atom. The minimum atomic E-state index is 0.247. The van der Waals surface area contributed by atoms with Crippen LogP contribution in [-0.4, -0.2) is 18.6 Å². The predicted molar refractivity (Wildman–Crippen MR) is 126 cm³/mol. The van der Waals surface area contributed by atoms with Crippen LogP contribution in [0.3, 0.4) is 0 Å². The molecule has 0 heterocycles. The van der Waals surface area contributed by atoms with Crippen LogP contribution in [0.1, 0.15) is 69.7 Å². The number of hydrogen-bond donors (Lipinski definition) is 0. The van der Waals surface area contributed by atoms with Gasteiger partial charge in [0.25, 0.3) is 0 Å². The van der Waals surface area contributed by atoms with E-state index in [9.17, 15) is 0 Å². The van der Waals surface area contributed by atoms with Gasteiger partial charge in [0.15, 0.2) is 0 Å². The lowest BCUT2D eigenvalue weighted by molar-refractivity contribution is 0.332. The molecule has 0 saturated heterocycles. The first-order valence-corrected chi connectivity index (χ1v) is 11.7. The molecule has 1 nitrogen and oxygen atoms in total. The zero-order valence-electron chi connectivity index (χ0n) is 18.3. The summed E-state index contributed by atoms with van der Waals surface area (Å²) in [4.78, 5) is 0. The molecular weight excluding hydrogens is 360 g/mol. The molecule has 0 radical (unpaired) electrons. The number of hydrogen-bond acceptors (Lipinski definition) is 2. The Kier molecular flexibility index (Phi) is 6.29. The summed E-state index contributed by atoms with van der Waals surface area (Å²) in [5.74, 6) is 1.97. The molecule has 150 valence electrons. The van der Waals surface area contributed by atoms with Crippen molar-refractivity contribution in [3.05, 3.63) is 64.7 Å². The lowest BCUT2D eigenvalue weighted by Crippen LogP contribution is -2.33. The minimum Gasteiger partial charge on any atom is -0.493 e. The van der Waals surface area contributed by atoms with Crippen molar-refractivity contribution in [3.8, 4) is 5.75 Å². The van der Waals surface area contributed by atoms with Gasteiger partial charge in [-0.15, -0.1) is 0 Å². The topological polar surface area (TPSA) is 9.23 Å². The third kappa shape index (κ3) is 4.66. The standard InChI is InChI=1S/C26H34OS/c1-19(17-20-7-10-22(11-8-20)27-15-16-28-6)21-9-12-23-24(18-21)26(4,5)14-13-25(23,2)3/h7-12,17-18H,13-16H2,1-6H3. The molecule has 28 heavy (non-hydrogen) atoms. The maximum atomic E-state index is 5.75.